The molecule has 0 fully saturated rings. The average molecular weight is 358 g/mol. The van der Waals surface area contributed by atoms with E-state index in [9.17, 15) is 4.79 Å². The van der Waals surface area contributed by atoms with E-state index in [2.05, 4.69) is 34.3 Å². The van der Waals surface area contributed by atoms with Crippen molar-refractivity contribution in [3.05, 3.63) is 41.6 Å². The SMILES string of the molecule is CCN(CC)c1ccc(C(=O)NCCc2ccc(OC)c(OC)c2)nn1. The number of amides is 1. The van der Waals surface area contributed by atoms with Crippen LogP contribution in [0.2, 0.25) is 0 Å². The number of nitrogens with one attached hydrogen (secondary N) is 1. The fraction of sp³-hybridized carbons (Fsp3) is 0.421. The number of hydrogen-bond acceptors (Lipinski definition) is 6. The molecule has 0 radical (unpaired) electrons. The highest BCUT2D eigenvalue weighted by molar-refractivity contribution is 5.92. The van der Waals surface area contributed by atoms with Gasteiger partial charge in [0.1, 0.15) is 0 Å². The zero-order valence-electron chi connectivity index (χ0n) is 15.8. The minimum Gasteiger partial charge on any atom is -0.493 e. The van der Waals surface area contributed by atoms with E-state index in [0.717, 1.165) is 24.5 Å². The average Bonchev–Trinajstić information content (AvgIpc) is 2.69. The summed E-state index contributed by atoms with van der Waals surface area (Å²) in [6.45, 7) is 6.30. The molecule has 0 saturated carbocycles. The van der Waals surface area contributed by atoms with Crippen LogP contribution in [0.3, 0.4) is 0 Å². The molecule has 0 aliphatic carbocycles. The van der Waals surface area contributed by atoms with Crippen LogP contribution < -0.4 is 19.7 Å². The molecule has 0 aliphatic heterocycles. The first-order valence-corrected chi connectivity index (χ1v) is 8.70. The van der Waals surface area contributed by atoms with Crippen LogP contribution >= 0.6 is 0 Å². The Labute approximate surface area is 154 Å². The Morgan fingerprint density at radius 1 is 1.04 bits per heavy atom. The Balaban J connectivity index is 1.90. The largest absolute Gasteiger partial charge is 0.493 e. The third-order valence-corrected chi connectivity index (χ3v) is 4.12. The van der Waals surface area contributed by atoms with Crippen LogP contribution in [0.4, 0.5) is 5.82 Å². The van der Waals surface area contributed by atoms with E-state index in [1.807, 2.05) is 24.3 Å². The molecule has 0 spiro atoms. The van der Waals surface area contributed by atoms with Gasteiger partial charge in [-0.05, 0) is 50.1 Å². The third kappa shape index (κ3) is 4.84. The topological polar surface area (TPSA) is 76.6 Å². The molecule has 1 amide bonds. The van der Waals surface area contributed by atoms with Crippen molar-refractivity contribution in [2.45, 2.75) is 20.3 Å². The van der Waals surface area contributed by atoms with Gasteiger partial charge in [0, 0.05) is 19.6 Å². The summed E-state index contributed by atoms with van der Waals surface area (Å²) in [5.41, 5.74) is 1.36. The number of carbonyl (C=O) groups excluding carboxylic acids is 1. The molecule has 26 heavy (non-hydrogen) atoms. The maximum atomic E-state index is 12.2. The van der Waals surface area contributed by atoms with Gasteiger partial charge in [0.15, 0.2) is 23.0 Å². The lowest BCUT2D eigenvalue weighted by Crippen LogP contribution is -2.28. The molecule has 2 aromatic rings. The second-order valence-electron chi connectivity index (χ2n) is 5.64. The fourth-order valence-corrected chi connectivity index (χ4v) is 2.61. The van der Waals surface area contributed by atoms with E-state index in [0.29, 0.717) is 30.2 Å². The Hall–Kier alpha value is -2.83. The van der Waals surface area contributed by atoms with Gasteiger partial charge in [-0.2, -0.15) is 0 Å². The Morgan fingerprint density at radius 3 is 2.35 bits per heavy atom. The normalized spacial score (nSPS) is 10.3. The summed E-state index contributed by atoms with van der Waals surface area (Å²) in [6, 6.07) is 9.24. The molecule has 1 aromatic carbocycles. The van der Waals surface area contributed by atoms with E-state index < -0.39 is 0 Å². The van der Waals surface area contributed by atoms with Crippen molar-refractivity contribution in [2.75, 3.05) is 38.8 Å². The predicted octanol–water partition coefficient (Wildman–Crippen LogP) is 2.31. The van der Waals surface area contributed by atoms with E-state index >= 15 is 0 Å². The summed E-state index contributed by atoms with van der Waals surface area (Å²) in [5, 5.41) is 11.0. The summed E-state index contributed by atoms with van der Waals surface area (Å²) in [6.07, 6.45) is 0.678. The molecule has 0 bridgehead atoms. The molecule has 0 unspecified atom stereocenters. The van der Waals surface area contributed by atoms with Gasteiger partial charge in [-0.3, -0.25) is 4.79 Å². The van der Waals surface area contributed by atoms with Crippen LogP contribution in [-0.4, -0.2) is 50.0 Å². The van der Waals surface area contributed by atoms with Crippen LogP contribution in [0.5, 0.6) is 11.5 Å². The van der Waals surface area contributed by atoms with Crippen molar-refractivity contribution < 1.29 is 14.3 Å². The smallest absolute Gasteiger partial charge is 0.271 e. The number of aromatic nitrogens is 2. The second-order valence-corrected chi connectivity index (χ2v) is 5.64. The predicted molar refractivity (Wildman–Crippen MR) is 101 cm³/mol. The van der Waals surface area contributed by atoms with E-state index in [1.165, 1.54) is 0 Å². The number of anilines is 1. The number of hydrogen-bond donors (Lipinski definition) is 1. The Bertz CT molecular complexity index is 715. The molecule has 1 heterocycles. The van der Waals surface area contributed by atoms with Gasteiger partial charge in [-0.1, -0.05) is 6.07 Å². The molecule has 0 saturated heterocycles. The van der Waals surface area contributed by atoms with E-state index in [-0.39, 0.29) is 5.91 Å². The minimum absolute atomic E-state index is 0.232. The van der Waals surface area contributed by atoms with Crippen LogP contribution in [0.15, 0.2) is 30.3 Å². The van der Waals surface area contributed by atoms with E-state index in [4.69, 9.17) is 9.47 Å². The van der Waals surface area contributed by atoms with E-state index in [1.54, 1.807) is 20.3 Å². The van der Waals surface area contributed by atoms with Crippen LogP contribution in [0.25, 0.3) is 0 Å². The molecule has 1 N–H and O–H groups in total. The third-order valence-electron chi connectivity index (χ3n) is 4.12. The highest BCUT2D eigenvalue weighted by Crippen LogP contribution is 2.27. The molecule has 7 heteroatoms. The van der Waals surface area contributed by atoms with Gasteiger partial charge in [0.05, 0.1) is 14.2 Å². The van der Waals surface area contributed by atoms with Crippen molar-refractivity contribution in [1.29, 1.82) is 0 Å². The molecule has 0 aliphatic rings. The Morgan fingerprint density at radius 2 is 1.77 bits per heavy atom. The zero-order chi connectivity index (χ0) is 18.9. The number of carbonyl (C=O) groups is 1. The zero-order valence-corrected chi connectivity index (χ0v) is 15.8. The molecular formula is C19H26N4O3. The van der Waals surface area contributed by atoms with Crippen LogP contribution in [0.1, 0.15) is 29.9 Å². The van der Waals surface area contributed by atoms with Crippen LogP contribution in [0, 0.1) is 0 Å². The molecule has 0 atom stereocenters. The summed E-state index contributed by atoms with van der Waals surface area (Å²) in [7, 11) is 3.20. The first-order valence-electron chi connectivity index (χ1n) is 8.70. The first-order chi connectivity index (χ1) is 12.6. The molecule has 140 valence electrons. The number of nitrogens with zero attached hydrogens (tertiary/aromatic N) is 3. The summed E-state index contributed by atoms with van der Waals surface area (Å²) in [5.74, 6) is 1.90. The molecule has 7 nitrogen and oxygen atoms in total. The summed E-state index contributed by atoms with van der Waals surface area (Å²) < 4.78 is 10.5. The van der Waals surface area contributed by atoms with Crippen molar-refractivity contribution in [2.24, 2.45) is 0 Å². The quantitative estimate of drug-likeness (QED) is 0.741. The summed E-state index contributed by atoms with van der Waals surface area (Å²) >= 11 is 0. The summed E-state index contributed by atoms with van der Waals surface area (Å²) in [4.78, 5) is 14.3. The van der Waals surface area contributed by atoms with Crippen LogP contribution in [-0.2, 0) is 6.42 Å². The van der Waals surface area contributed by atoms with Gasteiger partial charge >= 0.3 is 0 Å². The van der Waals surface area contributed by atoms with Gasteiger partial charge in [0.25, 0.3) is 5.91 Å². The molecule has 2 rings (SSSR count). The maximum absolute atomic E-state index is 12.2. The number of methoxy groups -OCH3 is 2. The Kier molecular flexibility index (Phi) is 7.20. The van der Waals surface area contributed by atoms with Gasteiger partial charge in [-0.25, -0.2) is 0 Å². The lowest BCUT2D eigenvalue weighted by atomic mass is 10.1. The second kappa shape index (κ2) is 9.60. The van der Waals surface area contributed by atoms with Gasteiger partial charge < -0.3 is 19.7 Å². The number of rotatable bonds is 9. The molecule has 1 aromatic heterocycles. The van der Waals surface area contributed by atoms with Gasteiger partial charge in [-0.15, -0.1) is 10.2 Å². The maximum Gasteiger partial charge on any atom is 0.271 e. The first kappa shape index (κ1) is 19.5. The van der Waals surface area contributed by atoms with Crippen molar-refractivity contribution in [3.8, 4) is 11.5 Å². The standard InChI is InChI=1S/C19H26N4O3/c1-5-23(6-2)18-10-8-15(21-22-18)19(24)20-12-11-14-7-9-16(25-3)17(13-14)26-4/h7-10,13H,5-6,11-12H2,1-4H3,(H,20,24). The highest BCUT2D eigenvalue weighted by atomic mass is 16.5. The minimum atomic E-state index is -0.232. The lowest BCUT2D eigenvalue weighted by molar-refractivity contribution is 0.0948. The van der Waals surface area contributed by atoms with Crippen molar-refractivity contribution in [1.82, 2.24) is 15.5 Å². The van der Waals surface area contributed by atoms with Gasteiger partial charge in [0.2, 0.25) is 0 Å². The molecular weight excluding hydrogens is 332 g/mol. The number of benzene rings is 1. The lowest BCUT2D eigenvalue weighted by Gasteiger charge is -2.18. The number of ether oxygens (including phenoxy) is 2. The monoisotopic (exact) mass is 358 g/mol. The van der Waals surface area contributed by atoms with Crippen molar-refractivity contribution in [3.63, 3.8) is 0 Å². The fourth-order valence-electron chi connectivity index (χ4n) is 2.61. The van der Waals surface area contributed by atoms with Crippen molar-refractivity contribution >= 4 is 11.7 Å². The highest BCUT2D eigenvalue weighted by Gasteiger charge is 2.10.